The van der Waals surface area contributed by atoms with Crippen LogP contribution >= 0.6 is 0 Å². The number of benzene rings is 1. The number of rotatable bonds is 2. The van der Waals surface area contributed by atoms with Gasteiger partial charge in [-0.2, -0.15) is 0 Å². The Hall–Kier alpha value is -2.04. The molecule has 2 N–H and O–H groups in total. The zero-order valence-electron chi connectivity index (χ0n) is 11.7. The molecule has 0 radical (unpaired) electrons. The summed E-state index contributed by atoms with van der Waals surface area (Å²) in [6, 6.07) is 5.07. The highest BCUT2D eigenvalue weighted by Crippen LogP contribution is 2.57. The van der Waals surface area contributed by atoms with Crippen molar-refractivity contribution in [1.29, 1.82) is 0 Å². The maximum absolute atomic E-state index is 12.6. The number of anilines is 1. The highest BCUT2D eigenvalue weighted by Gasteiger charge is 2.63. The van der Waals surface area contributed by atoms with Crippen LogP contribution < -0.4 is 5.32 Å². The van der Waals surface area contributed by atoms with Crippen molar-refractivity contribution in [3.63, 3.8) is 0 Å². The maximum Gasteiger partial charge on any atom is 0.310 e. The summed E-state index contributed by atoms with van der Waals surface area (Å²) in [6.45, 7) is 1.89. The first-order valence-corrected chi connectivity index (χ1v) is 7.35. The number of amides is 1. The summed E-state index contributed by atoms with van der Waals surface area (Å²) >= 11 is 0. The average Bonchev–Trinajstić information content (AvgIpc) is 3.03. The van der Waals surface area contributed by atoms with Gasteiger partial charge in [0, 0.05) is 5.92 Å². The van der Waals surface area contributed by atoms with Crippen molar-refractivity contribution in [2.24, 2.45) is 23.7 Å². The molecule has 2 bridgehead atoms. The first kappa shape index (κ1) is 12.7. The van der Waals surface area contributed by atoms with Crippen LogP contribution in [-0.2, 0) is 14.3 Å². The molecular formula is C16H17NO4. The summed E-state index contributed by atoms with van der Waals surface area (Å²) in [5.41, 5.74) is 1.36. The van der Waals surface area contributed by atoms with Crippen LogP contribution in [0.1, 0.15) is 18.4 Å². The number of esters is 1. The fourth-order valence-corrected chi connectivity index (χ4v) is 4.33. The SMILES string of the molecule is Cc1ccc(O)c(NC(=O)C2C3CC4OC(=O)C2C4C3)c1. The van der Waals surface area contributed by atoms with E-state index in [0.717, 1.165) is 18.4 Å². The Bertz CT molecular complexity index is 639. The number of phenolic OH excluding ortho intramolecular Hbond substituents is 1. The largest absolute Gasteiger partial charge is 0.506 e. The number of hydrogen-bond donors (Lipinski definition) is 2. The van der Waals surface area contributed by atoms with Gasteiger partial charge in [0.25, 0.3) is 0 Å². The van der Waals surface area contributed by atoms with Crippen molar-refractivity contribution in [1.82, 2.24) is 0 Å². The standard InChI is InChI=1S/C16H17NO4/c1-7-2-3-11(18)10(4-7)17-15(19)13-8-5-9-12(6-8)21-16(20)14(9)13/h2-4,8-9,12-14,18H,5-6H2,1H3,(H,17,19). The van der Waals surface area contributed by atoms with Gasteiger partial charge in [0.15, 0.2) is 0 Å². The molecule has 5 atom stereocenters. The molecule has 0 spiro atoms. The van der Waals surface area contributed by atoms with E-state index < -0.39 is 0 Å². The van der Waals surface area contributed by atoms with E-state index in [-0.39, 0.29) is 47.4 Å². The van der Waals surface area contributed by atoms with Crippen LogP contribution in [-0.4, -0.2) is 23.1 Å². The lowest BCUT2D eigenvalue weighted by atomic mass is 9.79. The van der Waals surface area contributed by atoms with Crippen molar-refractivity contribution >= 4 is 17.6 Å². The quantitative estimate of drug-likeness (QED) is 0.643. The molecule has 21 heavy (non-hydrogen) atoms. The summed E-state index contributed by atoms with van der Waals surface area (Å²) in [5, 5.41) is 12.6. The first-order valence-electron chi connectivity index (χ1n) is 7.35. The topological polar surface area (TPSA) is 75.6 Å². The molecule has 1 aromatic rings. The monoisotopic (exact) mass is 287 g/mol. The van der Waals surface area contributed by atoms with E-state index in [0.29, 0.717) is 5.69 Å². The van der Waals surface area contributed by atoms with Gasteiger partial charge in [-0.25, -0.2) is 0 Å². The number of aryl methyl sites for hydroxylation is 1. The fraction of sp³-hybridized carbons (Fsp3) is 0.500. The van der Waals surface area contributed by atoms with Gasteiger partial charge in [-0.3, -0.25) is 9.59 Å². The van der Waals surface area contributed by atoms with E-state index in [2.05, 4.69) is 5.32 Å². The van der Waals surface area contributed by atoms with Crippen molar-refractivity contribution in [3.05, 3.63) is 23.8 Å². The Balaban J connectivity index is 1.58. The van der Waals surface area contributed by atoms with Gasteiger partial charge >= 0.3 is 5.97 Å². The molecule has 1 aliphatic heterocycles. The Labute approximate surface area is 122 Å². The minimum atomic E-state index is -0.318. The lowest BCUT2D eigenvalue weighted by Gasteiger charge is -2.23. The molecule has 5 nitrogen and oxygen atoms in total. The van der Waals surface area contributed by atoms with E-state index in [1.807, 2.05) is 6.92 Å². The zero-order chi connectivity index (χ0) is 14.7. The third-order valence-electron chi connectivity index (χ3n) is 5.20. The highest BCUT2D eigenvalue weighted by atomic mass is 16.6. The molecule has 5 heteroatoms. The van der Waals surface area contributed by atoms with Gasteiger partial charge in [0.05, 0.1) is 17.5 Å². The number of fused-ring (bicyclic) bond motifs is 1. The summed E-state index contributed by atoms with van der Waals surface area (Å²) in [4.78, 5) is 24.5. The normalized spacial score (nSPS) is 35.9. The summed E-state index contributed by atoms with van der Waals surface area (Å²) < 4.78 is 5.34. The van der Waals surface area contributed by atoms with Gasteiger partial charge in [-0.05, 0) is 43.4 Å². The third-order valence-corrected chi connectivity index (χ3v) is 5.20. The second kappa shape index (κ2) is 4.23. The molecule has 1 heterocycles. The van der Waals surface area contributed by atoms with Crippen LogP contribution in [0.5, 0.6) is 5.75 Å². The molecule has 2 saturated carbocycles. The number of ether oxygens (including phenoxy) is 1. The minimum Gasteiger partial charge on any atom is -0.506 e. The predicted molar refractivity (Wildman–Crippen MR) is 74.5 cm³/mol. The smallest absolute Gasteiger partial charge is 0.310 e. The number of carbonyl (C=O) groups is 2. The minimum absolute atomic E-state index is 0.0314. The van der Waals surface area contributed by atoms with Crippen LogP contribution in [0, 0.1) is 30.6 Å². The molecule has 5 unspecified atom stereocenters. The number of nitrogens with one attached hydrogen (secondary N) is 1. The second-order valence-electron chi connectivity index (χ2n) is 6.43. The van der Waals surface area contributed by atoms with Gasteiger partial charge in [0.2, 0.25) is 5.91 Å². The second-order valence-corrected chi connectivity index (χ2v) is 6.43. The lowest BCUT2D eigenvalue weighted by Crippen LogP contribution is -2.35. The van der Waals surface area contributed by atoms with E-state index >= 15 is 0 Å². The summed E-state index contributed by atoms with van der Waals surface area (Å²) in [7, 11) is 0. The van der Waals surface area contributed by atoms with E-state index in [9.17, 15) is 14.7 Å². The van der Waals surface area contributed by atoms with E-state index in [1.54, 1.807) is 18.2 Å². The van der Waals surface area contributed by atoms with Gasteiger partial charge < -0.3 is 15.2 Å². The lowest BCUT2D eigenvalue weighted by molar-refractivity contribution is -0.145. The molecule has 1 saturated heterocycles. The molecule has 0 aromatic heterocycles. The first-order chi connectivity index (χ1) is 10.0. The summed E-state index contributed by atoms with van der Waals surface area (Å²) in [6.07, 6.45) is 1.73. The molecule has 1 aromatic carbocycles. The number of carbonyl (C=O) groups excluding carboxylic acids is 2. The molecule has 2 aliphatic carbocycles. The van der Waals surface area contributed by atoms with Crippen LogP contribution in [0.15, 0.2) is 18.2 Å². The van der Waals surface area contributed by atoms with Crippen molar-refractivity contribution < 1.29 is 19.4 Å². The van der Waals surface area contributed by atoms with E-state index in [4.69, 9.17) is 4.74 Å². The van der Waals surface area contributed by atoms with Gasteiger partial charge in [-0.1, -0.05) is 6.07 Å². The molecule has 3 aliphatic rings. The number of hydrogen-bond acceptors (Lipinski definition) is 4. The van der Waals surface area contributed by atoms with Gasteiger partial charge in [-0.15, -0.1) is 0 Å². The Morgan fingerprint density at radius 2 is 2.19 bits per heavy atom. The van der Waals surface area contributed by atoms with Crippen LogP contribution in [0.25, 0.3) is 0 Å². The van der Waals surface area contributed by atoms with Crippen molar-refractivity contribution in [3.8, 4) is 5.75 Å². The molecule has 3 fully saturated rings. The Morgan fingerprint density at radius 3 is 3.00 bits per heavy atom. The van der Waals surface area contributed by atoms with Crippen LogP contribution in [0.4, 0.5) is 5.69 Å². The van der Waals surface area contributed by atoms with Crippen LogP contribution in [0.3, 0.4) is 0 Å². The molecule has 4 rings (SSSR count). The Morgan fingerprint density at radius 1 is 1.38 bits per heavy atom. The highest BCUT2D eigenvalue weighted by molar-refractivity contribution is 5.97. The van der Waals surface area contributed by atoms with Crippen LogP contribution in [0.2, 0.25) is 0 Å². The number of phenols is 1. The molecular weight excluding hydrogens is 270 g/mol. The van der Waals surface area contributed by atoms with E-state index in [1.165, 1.54) is 0 Å². The average molecular weight is 287 g/mol. The van der Waals surface area contributed by atoms with Crippen molar-refractivity contribution in [2.45, 2.75) is 25.9 Å². The third kappa shape index (κ3) is 1.76. The summed E-state index contributed by atoms with van der Waals surface area (Å²) in [5.74, 6) is -0.525. The zero-order valence-corrected chi connectivity index (χ0v) is 11.7. The Kier molecular flexibility index (Phi) is 2.55. The number of aromatic hydroxyl groups is 1. The van der Waals surface area contributed by atoms with Crippen molar-refractivity contribution in [2.75, 3.05) is 5.32 Å². The fourth-order valence-electron chi connectivity index (χ4n) is 4.33. The predicted octanol–water partition coefficient (Wildman–Crippen LogP) is 1.84. The molecule has 1 amide bonds. The molecule has 110 valence electrons. The van der Waals surface area contributed by atoms with Gasteiger partial charge in [0.1, 0.15) is 11.9 Å². The maximum atomic E-state index is 12.6.